The maximum atomic E-state index is 5.14. The summed E-state index contributed by atoms with van der Waals surface area (Å²) in [4.78, 5) is 0. The van der Waals surface area contributed by atoms with Gasteiger partial charge in [-0.05, 0) is 24.3 Å². The fourth-order valence-corrected chi connectivity index (χ4v) is 3.69. The predicted octanol–water partition coefficient (Wildman–Crippen LogP) is -2.84. The highest BCUT2D eigenvalue weighted by atomic mass is 127. The molecule has 0 aliphatic heterocycles. The maximum absolute atomic E-state index is 5.14. The van der Waals surface area contributed by atoms with Gasteiger partial charge in [0.05, 0.1) is 7.11 Å². The smallest absolute Gasteiger partial charge is 0.318 e. The summed E-state index contributed by atoms with van der Waals surface area (Å²) in [7, 11) is 1.70. The van der Waals surface area contributed by atoms with Crippen molar-refractivity contribution in [3.63, 3.8) is 0 Å². The van der Waals surface area contributed by atoms with Crippen LogP contribution in [-0.2, 0) is 4.43 Å². The summed E-state index contributed by atoms with van der Waals surface area (Å²) >= 11 is 0.0929. The summed E-state index contributed by atoms with van der Waals surface area (Å²) in [6.07, 6.45) is 0. The first-order valence-electron chi connectivity index (χ1n) is 5.15. The lowest BCUT2D eigenvalue weighted by Gasteiger charge is -1.98. The summed E-state index contributed by atoms with van der Waals surface area (Å²) in [5, 5.41) is 0. The van der Waals surface area contributed by atoms with Crippen molar-refractivity contribution in [1.82, 2.24) is 0 Å². The van der Waals surface area contributed by atoms with E-state index in [9.17, 15) is 0 Å². The van der Waals surface area contributed by atoms with Crippen LogP contribution in [0.5, 0.6) is 5.75 Å². The molecule has 0 fully saturated rings. The minimum Gasteiger partial charge on any atom is -1.00 e. The fourth-order valence-electron chi connectivity index (χ4n) is 1.37. The molecule has 0 aliphatic rings. The third-order valence-electron chi connectivity index (χ3n) is 2.27. The number of benzene rings is 2. The molecule has 0 saturated carbocycles. The molecule has 3 heteroatoms. The van der Waals surface area contributed by atoms with Crippen LogP contribution in [0.25, 0.3) is 0 Å². The molecule has 0 aromatic heterocycles. The standard InChI is InChI=1S/C14H14IO.ClH/c1-16-14-9-7-12(8-10-14)11-15-13-5-3-2-4-6-13;/h2-10H,11H2,1H3;1H/q+1;/p-1. The van der Waals surface area contributed by atoms with Gasteiger partial charge in [-0.1, -0.05) is 30.3 Å². The van der Waals surface area contributed by atoms with Crippen molar-refractivity contribution in [2.24, 2.45) is 0 Å². The molecule has 0 unspecified atom stereocenters. The Morgan fingerprint density at radius 2 is 1.59 bits per heavy atom. The van der Waals surface area contributed by atoms with Crippen LogP contribution >= 0.6 is 0 Å². The van der Waals surface area contributed by atoms with E-state index >= 15 is 0 Å². The number of halogens is 2. The predicted molar refractivity (Wildman–Crippen MR) is 61.8 cm³/mol. The second-order valence-electron chi connectivity index (χ2n) is 3.41. The molecule has 0 saturated heterocycles. The number of hydrogen-bond donors (Lipinski definition) is 0. The first kappa shape index (κ1) is 14.3. The van der Waals surface area contributed by atoms with Gasteiger partial charge in [-0.25, -0.2) is 0 Å². The summed E-state index contributed by atoms with van der Waals surface area (Å²) in [5.74, 6) is 0.932. The van der Waals surface area contributed by atoms with Gasteiger partial charge in [-0.3, -0.25) is 0 Å². The molecule has 0 spiro atoms. The van der Waals surface area contributed by atoms with Crippen molar-refractivity contribution >= 4 is 0 Å². The topological polar surface area (TPSA) is 9.23 Å². The van der Waals surface area contributed by atoms with E-state index in [-0.39, 0.29) is 33.6 Å². The molecule has 0 aliphatic carbocycles. The zero-order valence-corrected chi connectivity index (χ0v) is 12.5. The van der Waals surface area contributed by atoms with E-state index in [1.807, 2.05) is 12.1 Å². The number of rotatable bonds is 4. The van der Waals surface area contributed by atoms with Gasteiger partial charge < -0.3 is 17.1 Å². The van der Waals surface area contributed by atoms with Crippen LogP contribution in [0.2, 0.25) is 0 Å². The van der Waals surface area contributed by atoms with Crippen LogP contribution in [0, 0.1) is 3.57 Å². The van der Waals surface area contributed by atoms with E-state index < -0.39 is 0 Å². The highest BCUT2D eigenvalue weighted by molar-refractivity contribution is 5.26. The van der Waals surface area contributed by atoms with Crippen molar-refractivity contribution < 1.29 is 38.3 Å². The average Bonchev–Trinajstić information content (AvgIpc) is 2.38. The van der Waals surface area contributed by atoms with Crippen molar-refractivity contribution in [3.8, 4) is 5.75 Å². The number of alkyl halides is 1. The van der Waals surface area contributed by atoms with Crippen LogP contribution in [0.4, 0.5) is 0 Å². The van der Waals surface area contributed by atoms with E-state index in [0.717, 1.165) is 5.75 Å². The SMILES string of the molecule is COc1ccc(C[I+]c2ccccc2)cc1.[Cl-]. The highest BCUT2D eigenvalue weighted by Crippen LogP contribution is 2.09. The van der Waals surface area contributed by atoms with E-state index in [2.05, 4.69) is 42.5 Å². The van der Waals surface area contributed by atoms with E-state index in [0.29, 0.717) is 0 Å². The summed E-state index contributed by atoms with van der Waals surface area (Å²) in [6.45, 7) is 0. The van der Waals surface area contributed by atoms with Crippen molar-refractivity contribution in [2.45, 2.75) is 4.43 Å². The molecule has 2 aromatic rings. The fraction of sp³-hybridized carbons (Fsp3) is 0.143. The summed E-state index contributed by atoms with van der Waals surface area (Å²) in [6, 6.07) is 19.1. The van der Waals surface area contributed by atoms with Gasteiger partial charge in [0.2, 0.25) is 0 Å². The number of hydrogen-bond acceptors (Lipinski definition) is 1. The zero-order valence-electron chi connectivity index (χ0n) is 9.57. The molecule has 2 aromatic carbocycles. The van der Waals surface area contributed by atoms with Crippen molar-refractivity contribution in [2.75, 3.05) is 7.11 Å². The van der Waals surface area contributed by atoms with Gasteiger partial charge in [0, 0.05) is 5.56 Å². The molecule has 90 valence electrons. The normalized spacial score (nSPS) is 9.47. The van der Waals surface area contributed by atoms with Crippen LogP contribution < -0.4 is 38.3 Å². The lowest BCUT2D eigenvalue weighted by Crippen LogP contribution is -3.61. The minimum atomic E-state index is 0. The Balaban J connectivity index is 0.00000144. The van der Waals surface area contributed by atoms with Crippen molar-refractivity contribution in [1.29, 1.82) is 0 Å². The van der Waals surface area contributed by atoms with Gasteiger partial charge in [0.15, 0.2) is 8.00 Å². The van der Waals surface area contributed by atoms with E-state index in [1.165, 1.54) is 13.6 Å². The molecule has 0 radical (unpaired) electrons. The second-order valence-corrected chi connectivity index (χ2v) is 6.18. The Morgan fingerprint density at radius 1 is 0.941 bits per heavy atom. The second kappa shape index (κ2) is 7.56. The lowest BCUT2D eigenvalue weighted by molar-refractivity contribution is -0.643. The molecule has 0 N–H and O–H groups in total. The third-order valence-corrected chi connectivity index (χ3v) is 5.13. The maximum Gasteiger partial charge on any atom is 0.318 e. The van der Waals surface area contributed by atoms with Gasteiger partial charge in [0.1, 0.15) is 5.75 Å². The Morgan fingerprint density at radius 3 is 2.18 bits per heavy atom. The molecular formula is C14H14ClIO. The third kappa shape index (κ3) is 4.56. The Bertz CT molecular complexity index is 428. The molecular weight excluding hydrogens is 347 g/mol. The van der Waals surface area contributed by atoms with Gasteiger partial charge in [-0.15, -0.1) is 0 Å². The first-order valence-corrected chi connectivity index (χ1v) is 7.76. The summed E-state index contributed by atoms with van der Waals surface area (Å²) in [5.41, 5.74) is 1.40. The number of ether oxygens (including phenoxy) is 1. The summed E-state index contributed by atoms with van der Waals surface area (Å²) < 4.78 is 7.83. The molecule has 0 heterocycles. The molecule has 1 nitrogen and oxygen atoms in total. The van der Waals surface area contributed by atoms with Gasteiger partial charge in [0.25, 0.3) is 0 Å². The van der Waals surface area contributed by atoms with E-state index in [4.69, 9.17) is 4.74 Å². The van der Waals surface area contributed by atoms with Crippen LogP contribution in [0.15, 0.2) is 54.6 Å². The average molecular weight is 361 g/mol. The molecule has 0 amide bonds. The van der Waals surface area contributed by atoms with E-state index in [1.54, 1.807) is 7.11 Å². The minimum absolute atomic E-state index is 0. The van der Waals surface area contributed by atoms with Gasteiger partial charge >= 0.3 is 21.2 Å². The van der Waals surface area contributed by atoms with Crippen LogP contribution in [0.3, 0.4) is 0 Å². The highest BCUT2D eigenvalue weighted by Gasteiger charge is 2.11. The zero-order chi connectivity index (χ0) is 11.2. The van der Waals surface area contributed by atoms with Gasteiger partial charge in [-0.2, -0.15) is 0 Å². The Kier molecular flexibility index (Phi) is 6.37. The largest absolute Gasteiger partial charge is 1.00 e. The van der Waals surface area contributed by atoms with Crippen LogP contribution in [0.1, 0.15) is 5.56 Å². The monoisotopic (exact) mass is 360 g/mol. The van der Waals surface area contributed by atoms with Crippen LogP contribution in [-0.4, -0.2) is 7.11 Å². The Labute approximate surface area is 119 Å². The first-order chi connectivity index (χ1) is 7.88. The molecule has 0 bridgehead atoms. The lowest BCUT2D eigenvalue weighted by atomic mass is 10.2. The molecule has 17 heavy (non-hydrogen) atoms. The van der Waals surface area contributed by atoms with Crippen molar-refractivity contribution in [3.05, 3.63) is 63.7 Å². The molecule has 2 rings (SSSR count). The quantitative estimate of drug-likeness (QED) is 0.422. The Hall–Kier alpha value is -0.740. The number of methoxy groups -OCH3 is 1. The molecule has 0 atom stereocenters.